The van der Waals surface area contributed by atoms with Crippen LogP contribution in [0.3, 0.4) is 0 Å². The van der Waals surface area contributed by atoms with Crippen LogP contribution in [0, 0.1) is 0 Å². The number of primary amides is 1. The summed E-state index contributed by atoms with van der Waals surface area (Å²) < 4.78 is 42.7. The highest BCUT2D eigenvalue weighted by atomic mass is 19.4. The van der Waals surface area contributed by atoms with E-state index in [4.69, 9.17) is 10.5 Å². The first kappa shape index (κ1) is 21.8. The molecular weight excluding hydrogens is 405 g/mol. The van der Waals surface area contributed by atoms with Gasteiger partial charge in [-0.25, -0.2) is 9.78 Å². The molecule has 2 aliphatic rings. The van der Waals surface area contributed by atoms with E-state index in [1.807, 2.05) is 0 Å². The number of nitrogens with zero attached hydrogens (tertiary/aromatic N) is 2. The van der Waals surface area contributed by atoms with E-state index in [0.717, 1.165) is 4.90 Å². The lowest BCUT2D eigenvalue weighted by atomic mass is 9.91. The quantitative estimate of drug-likeness (QED) is 0.648. The number of hydrogen-bond acceptors (Lipinski definition) is 5. The van der Waals surface area contributed by atoms with Gasteiger partial charge in [-0.05, 0) is 50.7 Å². The first-order chi connectivity index (χ1) is 14.2. The number of pyridine rings is 1. The summed E-state index contributed by atoms with van der Waals surface area (Å²) in [5.74, 6) is -0.983. The minimum absolute atomic E-state index is 0.0470. The lowest BCUT2D eigenvalue weighted by molar-refractivity contribution is -0.138. The maximum atomic E-state index is 12.5. The van der Waals surface area contributed by atoms with Gasteiger partial charge < -0.3 is 15.8 Å². The fourth-order valence-electron chi connectivity index (χ4n) is 3.85. The molecule has 11 heteroatoms. The second-order valence-corrected chi connectivity index (χ2v) is 7.49. The molecule has 1 saturated heterocycles. The number of carbonyl (C=O) groups excluding carboxylic acids is 3. The molecule has 0 radical (unpaired) electrons. The van der Waals surface area contributed by atoms with Crippen molar-refractivity contribution in [3.8, 4) is 5.88 Å². The van der Waals surface area contributed by atoms with Gasteiger partial charge in [-0.15, -0.1) is 0 Å². The maximum Gasteiger partial charge on any atom is 0.389 e. The molecule has 1 aliphatic heterocycles. The molecule has 1 unspecified atom stereocenters. The molecule has 1 aromatic rings. The smallest absolute Gasteiger partial charge is 0.389 e. The largest absolute Gasteiger partial charge is 0.474 e. The van der Waals surface area contributed by atoms with Crippen molar-refractivity contribution in [2.24, 2.45) is 5.73 Å². The molecule has 164 valence electrons. The Labute approximate surface area is 170 Å². The first-order valence-corrected chi connectivity index (χ1v) is 9.77. The van der Waals surface area contributed by atoms with Crippen molar-refractivity contribution in [2.75, 3.05) is 0 Å². The number of nitrogens with one attached hydrogen (secondary N) is 1. The van der Waals surface area contributed by atoms with Gasteiger partial charge in [0, 0.05) is 18.7 Å². The van der Waals surface area contributed by atoms with Crippen LogP contribution in [-0.2, 0) is 4.79 Å². The van der Waals surface area contributed by atoms with Gasteiger partial charge in [0.05, 0.1) is 0 Å². The number of urea groups is 1. The highest BCUT2D eigenvalue weighted by molar-refractivity contribution is 6.04. The van der Waals surface area contributed by atoms with Crippen LogP contribution in [0.2, 0.25) is 0 Å². The highest BCUT2D eigenvalue weighted by Crippen LogP contribution is 2.30. The number of carbonyl (C=O) groups is 3. The molecule has 1 saturated carbocycles. The zero-order valence-corrected chi connectivity index (χ0v) is 16.2. The van der Waals surface area contributed by atoms with Crippen LogP contribution in [0.25, 0.3) is 0 Å². The third kappa shape index (κ3) is 5.19. The number of nitrogens with two attached hydrogens (primary N) is 1. The van der Waals surface area contributed by atoms with Gasteiger partial charge in [0.25, 0.3) is 11.8 Å². The van der Waals surface area contributed by atoms with Gasteiger partial charge in [0.15, 0.2) is 0 Å². The van der Waals surface area contributed by atoms with Crippen LogP contribution < -0.4 is 15.8 Å². The normalized spacial score (nSPS) is 24.6. The Bertz CT molecular complexity index is 809. The fourth-order valence-corrected chi connectivity index (χ4v) is 3.85. The molecule has 0 spiro atoms. The van der Waals surface area contributed by atoms with Gasteiger partial charge in [-0.2, -0.15) is 13.2 Å². The summed E-state index contributed by atoms with van der Waals surface area (Å²) in [6.45, 7) is 0. The van der Waals surface area contributed by atoms with Crippen molar-refractivity contribution in [2.45, 2.75) is 69.3 Å². The summed E-state index contributed by atoms with van der Waals surface area (Å²) in [5.41, 5.74) is 5.49. The average molecular weight is 428 g/mol. The molecule has 1 aliphatic carbocycles. The molecule has 30 heavy (non-hydrogen) atoms. The van der Waals surface area contributed by atoms with Crippen molar-refractivity contribution in [3.63, 3.8) is 0 Å². The molecule has 0 aromatic carbocycles. The summed E-state index contributed by atoms with van der Waals surface area (Å²) >= 11 is 0. The Morgan fingerprint density at radius 3 is 2.60 bits per heavy atom. The fraction of sp³-hybridized carbons (Fsp3) is 0.579. The minimum atomic E-state index is -4.29. The van der Waals surface area contributed by atoms with E-state index in [2.05, 4.69) is 10.3 Å². The van der Waals surface area contributed by atoms with Crippen molar-refractivity contribution in [1.29, 1.82) is 0 Å². The zero-order valence-electron chi connectivity index (χ0n) is 16.2. The third-order valence-corrected chi connectivity index (χ3v) is 5.33. The molecule has 0 bridgehead atoms. The Kier molecular flexibility index (Phi) is 6.47. The second kappa shape index (κ2) is 8.88. The topological polar surface area (TPSA) is 115 Å². The van der Waals surface area contributed by atoms with E-state index in [9.17, 15) is 27.6 Å². The number of amides is 4. The molecular formula is C19H23F3N4O4. The summed E-state index contributed by atoms with van der Waals surface area (Å²) in [5, 5.41) is 2.49. The van der Waals surface area contributed by atoms with E-state index >= 15 is 0 Å². The number of aromatic nitrogens is 1. The van der Waals surface area contributed by atoms with Crippen molar-refractivity contribution in [3.05, 3.63) is 23.9 Å². The maximum absolute atomic E-state index is 12.5. The predicted octanol–water partition coefficient (Wildman–Crippen LogP) is 2.52. The number of alkyl halides is 3. The van der Waals surface area contributed by atoms with Crippen LogP contribution in [0.15, 0.2) is 18.3 Å². The van der Waals surface area contributed by atoms with E-state index < -0.39 is 36.5 Å². The number of ether oxygens (including phenoxy) is 1. The van der Waals surface area contributed by atoms with Crippen molar-refractivity contribution in [1.82, 2.24) is 15.2 Å². The van der Waals surface area contributed by atoms with Gasteiger partial charge >= 0.3 is 12.2 Å². The first-order valence-electron chi connectivity index (χ1n) is 9.77. The van der Waals surface area contributed by atoms with E-state index in [1.165, 1.54) is 12.3 Å². The molecule has 8 nitrogen and oxygen atoms in total. The lowest BCUT2D eigenvalue weighted by Gasteiger charge is -2.33. The lowest BCUT2D eigenvalue weighted by Crippen LogP contribution is -2.44. The Balaban J connectivity index is 1.53. The molecule has 3 rings (SSSR count). The predicted molar refractivity (Wildman–Crippen MR) is 98.5 cm³/mol. The number of halogens is 3. The van der Waals surface area contributed by atoms with Crippen LogP contribution in [0.4, 0.5) is 18.0 Å². The summed E-state index contributed by atoms with van der Waals surface area (Å²) in [6, 6.07) is 1.27. The average Bonchev–Trinajstić information content (AvgIpc) is 2.95. The van der Waals surface area contributed by atoms with E-state index in [1.54, 1.807) is 6.07 Å². The van der Waals surface area contributed by atoms with E-state index in [0.29, 0.717) is 25.7 Å². The Morgan fingerprint density at radius 2 is 1.97 bits per heavy atom. The van der Waals surface area contributed by atoms with Crippen molar-refractivity contribution < 1.29 is 32.3 Å². The van der Waals surface area contributed by atoms with Crippen LogP contribution in [0.1, 0.15) is 55.3 Å². The van der Waals surface area contributed by atoms with Crippen LogP contribution in [0.5, 0.6) is 5.88 Å². The van der Waals surface area contributed by atoms with Gasteiger partial charge in [-0.1, -0.05) is 0 Å². The summed E-state index contributed by atoms with van der Waals surface area (Å²) in [6.07, 6.45) is -2.30. The SMILES string of the molecule is NC(=O)c1cccnc1OC1CCC(N2C(=O)NC(CCCC(F)(F)F)C2=O)CC1. The minimum Gasteiger partial charge on any atom is -0.474 e. The monoisotopic (exact) mass is 428 g/mol. The number of rotatable bonds is 7. The molecule has 2 fully saturated rings. The molecule has 4 amide bonds. The van der Waals surface area contributed by atoms with Crippen LogP contribution in [-0.4, -0.2) is 52.1 Å². The Hall–Kier alpha value is -2.85. The molecule has 3 N–H and O–H groups in total. The Morgan fingerprint density at radius 1 is 1.27 bits per heavy atom. The second-order valence-electron chi connectivity index (χ2n) is 7.49. The third-order valence-electron chi connectivity index (χ3n) is 5.33. The van der Waals surface area contributed by atoms with Crippen molar-refractivity contribution >= 4 is 17.8 Å². The highest BCUT2D eigenvalue weighted by Gasteiger charge is 2.43. The van der Waals surface area contributed by atoms with Gasteiger partial charge in [0.2, 0.25) is 5.88 Å². The van der Waals surface area contributed by atoms with E-state index in [-0.39, 0.29) is 36.4 Å². The summed E-state index contributed by atoms with van der Waals surface area (Å²) in [7, 11) is 0. The molecule has 2 heterocycles. The molecule has 1 atom stereocenters. The number of hydrogen-bond donors (Lipinski definition) is 2. The molecule has 1 aromatic heterocycles. The standard InChI is InChI=1S/C19H23F3N4O4/c20-19(21,22)9-1-4-14-17(28)26(18(29)25-14)11-5-7-12(8-6-11)30-16-13(15(23)27)3-2-10-24-16/h2-3,10-12,14H,1,4-9H2,(H2,23,27)(H,25,29). The van der Waals surface area contributed by atoms with Gasteiger partial charge in [0.1, 0.15) is 17.7 Å². The zero-order chi connectivity index (χ0) is 21.9. The summed E-state index contributed by atoms with van der Waals surface area (Å²) in [4.78, 5) is 41.4. The number of imide groups is 1. The van der Waals surface area contributed by atoms with Gasteiger partial charge in [-0.3, -0.25) is 14.5 Å². The van der Waals surface area contributed by atoms with Crippen LogP contribution >= 0.6 is 0 Å².